The van der Waals surface area contributed by atoms with E-state index < -0.39 is 6.09 Å². The van der Waals surface area contributed by atoms with Crippen LogP contribution in [0.25, 0.3) is 33.5 Å². The minimum atomic E-state index is -1.09. The molecule has 2 amide bonds. The summed E-state index contributed by atoms with van der Waals surface area (Å²) < 4.78 is 9.66. The van der Waals surface area contributed by atoms with Crippen molar-refractivity contribution in [3.8, 4) is 17.3 Å². The fourth-order valence-corrected chi connectivity index (χ4v) is 5.19. The van der Waals surface area contributed by atoms with Crippen LogP contribution in [0.5, 0.6) is 5.75 Å². The Labute approximate surface area is 207 Å². The van der Waals surface area contributed by atoms with E-state index in [2.05, 4.69) is 5.32 Å². The molecule has 0 bridgehead atoms. The maximum Gasteiger partial charge on any atom is 0.404 e. The number of nitrogens with zero attached hydrogens (tertiary/aromatic N) is 4. The van der Waals surface area contributed by atoms with Gasteiger partial charge in [-0.3, -0.25) is 4.79 Å². The molecule has 1 aliphatic rings. The normalized spacial score (nSPS) is 16.0. The number of hydrogen-bond donors (Lipinski definition) is 3. The van der Waals surface area contributed by atoms with Gasteiger partial charge in [0.2, 0.25) is 0 Å². The van der Waals surface area contributed by atoms with Crippen molar-refractivity contribution in [2.45, 2.75) is 25.4 Å². The molecule has 36 heavy (non-hydrogen) atoms. The lowest BCUT2D eigenvalue weighted by Gasteiger charge is -2.32. The number of aliphatic hydroxyl groups excluding tert-OH is 1. The number of fused-ring (bicyclic) bond motifs is 2. The van der Waals surface area contributed by atoms with Crippen LogP contribution in [0.1, 0.15) is 23.2 Å². The van der Waals surface area contributed by atoms with Crippen LogP contribution in [0, 0.1) is 0 Å². The van der Waals surface area contributed by atoms with E-state index in [9.17, 15) is 14.7 Å². The Morgan fingerprint density at radius 3 is 2.78 bits per heavy atom. The number of likely N-dealkylation sites (tertiary alicyclic amines) is 1. The standard InChI is InChI=1S/C26H29N5O5/c1-29-23-19(28-24(29)21-13-16-6-3-4-8-20(16)31(21)10-11-32)12-17(14-22(23)36-2)25(33)30-9-5-7-18(15-30)27-26(34)35/h3-4,6,8,12-14,18,27,32H,5,7,9-11,15H2,1-2H3,(H,34,35). The molecule has 0 saturated carbocycles. The highest BCUT2D eigenvalue weighted by Crippen LogP contribution is 2.34. The van der Waals surface area contributed by atoms with Gasteiger partial charge in [0.25, 0.3) is 5.91 Å². The third kappa shape index (κ3) is 4.13. The number of nitrogens with one attached hydrogen (secondary N) is 1. The largest absolute Gasteiger partial charge is 0.494 e. The van der Waals surface area contributed by atoms with Crippen LogP contribution >= 0.6 is 0 Å². The van der Waals surface area contributed by atoms with Gasteiger partial charge in [0.05, 0.1) is 24.9 Å². The minimum Gasteiger partial charge on any atom is -0.494 e. The quantitative estimate of drug-likeness (QED) is 0.381. The van der Waals surface area contributed by atoms with E-state index in [0.29, 0.717) is 48.7 Å². The summed E-state index contributed by atoms with van der Waals surface area (Å²) in [6, 6.07) is 13.2. The van der Waals surface area contributed by atoms with Gasteiger partial charge in [-0.2, -0.15) is 0 Å². The summed E-state index contributed by atoms with van der Waals surface area (Å²) in [6.45, 7) is 1.30. The Balaban J connectivity index is 1.57. The first-order valence-electron chi connectivity index (χ1n) is 11.9. The smallest absolute Gasteiger partial charge is 0.404 e. The van der Waals surface area contributed by atoms with E-state index in [1.807, 2.05) is 46.5 Å². The zero-order chi connectivity index (χ0) is 25.4. The molecule has 5 rings (SSSR count). The Bertz CT molecular complexity index is 1460. The van der Waals surface area contributed by atoms with Crippen LogP contribution in [0.15, 0.2) is 42.5 Å². The van der Waals surface area contributed by atoms with Gasteiger partial charge in [-0.15, -0.1) is 0 Å². The number of hydrogen-bond acceptors (Lipinski definition) is 5. The van der Waals surface area contributed by atoms with Crippen molar-refractivity contribution in [2.75, 3.05) is 26.8 Å². The van der Waals surface area contributed by atoms with Crippen LogP contribution in [0.4, 0.5) is 4.79 Å². The summed E-state index contributed by atoms with van der Waals surface area (Å²) in [5, 5.41) is 22.3. The number of methoxy groups -OCH3 is 1. The summed E-state index contributed by atoms with van der Waals surface area (Å²) in [5.41, 5.74) is 3.68. The monoisotopic (exact) mass is 491 g/mol. The number of imidazole rings is 1. The molecule has 4 aromatic rings. The predicted octanol–water partition coefficient (Wildman–Crippen LogP) is 3.07. The molecule has 10 heteroatoms. The Hall–Kier alpha value is -4.05. The Morgan fingerprint density at radius 2 is 2.03 bits per heavy atom. The number of rotatable bonds is 6. The summed E-state index contributed by atoms with van der Waals surface area (Å²) >= 11 is 0. The molecule has 10 nitrogen and oxygen atoms in total. The molecule has 3 heterocycles. The van der Waals surface area contributed by atoms with E-state index >= 15 is 0 Å². The van der Waals surface area contributed by atoms with Crippen molar-refractivity contribution in [3.63, 3.8) is 0 Å². The van der Waals surface area contributed by atoms with E-state index in [1.54, 1.807) is 24.1 Å². The first kappa shape index (κ1) is 23.7. The van der Waals surface area contributed by atoms with Crippen LogP contribution in [0.2, 0.25) is 0 Å². The van der Waals surface area contributed by atoms with Gasteiger partial charge >= 0.3 is 6.09 Å². The predicted molar refractivity (Wildman–Crippen MR) is 135 cm³/mol. The van der Waals surface area contributed by atoms with Gasteiger partial charge in [-0.25, -0.2) is 9.78 Å². The molecule has 1 unspecified atom stereocenters. The number of aromatic nitrogens is 3. The van der Waals surface area contributed by atoms with Crippen molar-refractivity contribution in [1.82, 2.24) is 24.3 Å². The zero-order valence-corrected chi connectivity index (χ0v) is 20.3. The van der Waals surface area contributed by atoms with Gasteiger partial charge in [0, 0.05) is 49.2 Å². The van der Waals surface area contributed by atoms with Crippen LogP contribution < -0.4 is 10.1 Å². The fourth-order valence-electron chi connectivity index (χ4n) is 5.19. The number of benzene rings is 2. The lowest BCUT2D eigenvalue weighted by Crippen LogP contribution is -2.49. The van der Waals surface area contributed by atoms with E-state index in [-0.39, 0.29) is 18.6 Å². The second kappa shape index (κ2) is 9.54. The van der Waals surface area contributed by atoms with Crippen LogP contribution in [-0.4, -0.2) is 74.1 Å². The second-order valence-corrected chi connectivity index (χ2v) is 9.04. The summed E-state index contributed by atoms with van der Waals surface area (Å²) in [4.78, 5) is 31.0. The van der Waals surface area contributed by atoms with Crippen molar-refractivity contribution in [2.24, 2.45) is 7.05 Å². The van der Waals surface area contributed by atoms with Crippen molar-refractivity contribution < 1.29 is 24.5 Å². The lowest BCUT2D eigenvalue weighted by molar-refractivity contribution is 0.0692. The molecular weight excluding hydrogens is 462 g/mol. The molecular formula is C26H29N5O5. The lowest BCUT2D eigenvalue weighted by atomic mass is 10.0. The molecule has 3 N–H and O–H groups in total. The number of carboxylic acid groups (broad SMARTS) is 1. The molecule has 2 aromatic heterocycles. The molecule has 2 aromatic carbocycles. The highest BCUT2D eigenvalue weighted by Gasteiger charge is 2.27. The molecule has 1 fully saturated rings. The molecule has 1 saturated heterocycles. The summed E-state index contributed by atoms with van der Waals surface area (Å²) in [6.07, 6.45) is 0.334. The van der Waals surface area contributed by atoms with Crippen LogP contribution in [-0.2, 0) is 13.6 Å². The first-order valence-corrected chi connectivity index (χ1v) is 11.9. The number of piperidine rings is 1. The van der Waals surface area contributed by atoms with E-state index in [0.717, 1.165) is 28.5 Å². The van der Waals surface area contributed by atoms with Crippen LogP contribution in [0.3, 0.4) is 0 Å². The summed E-state index contributed by atoms with van der Waals surface area (Å²) in [7, 11) is 3.47. The third-order valence-corrected chi connectivity index (χ3v) is 6.80. The number of aliphatic hydroxyl groups is 1. The van der Waals surface area contributed by atoms with Gasteiger partial charge < -0.3 is 34.3 Å². The minimum absolute atomic E-state index is 0.00878. The molecule has 188 valence electrons. The molecule has 0 spiro atoms. The molecule has 0 aliphatic carbocycles. The van der Waals surface area contributed by atoms with Gasteiger partial charge in [0.15, 0.2) is 5.82 Å². The topological polar surface area (TPSA) is 122 Å². The molecule has 0 radical (unpaired) electrons. The Morgan fingerprint density at radius 1 is 1.22 bits per heavy atom. The zero-order valence-electron chi connectivity index (χ0n) is 20.3. The molecule has 1 atom stereocenters. The van der Waals surface area contributed by atoms with Gasteiger partial charge in [-0.1, -0.05) is 18.2 Å². The summed E-state index contributed by atoms with van der Waals surface area (Å²) in [5.74, 6) is 1.04. The average molecular weight is 492 g/mol. The van der Waals surface area contributed by atoms with Crippen molar-refractivity contribution in [1.29, 1.82) is 0 Å². The Kier molecular flexibility index (Phi) is 6.27. The van der Waals surface area contributed by atoms with Gasteiger partial charge in [-0.05, 0) is 37.1 Å². The van der Waals surface area contributed by atoms with Gasteiger partial charge in [0.1, 0.15) is 11.3 Å². The molecule has 1 aliphatic heterocycles. The van der Waals surface area contributed by atoms with Crippen molar-refractivity contribution >= 4 is 33.9 Å². The number of ether oxygens (including phenoxy) is 1. The number of carbonyl (C=O) groups is 2. The second-order valence-electron chi connectivity index (χ2n) is 9.04. The fraction of sp³-hybridized carbons (Fsp3) is 0.346. The van der Waals surface area contributed by atoms with Crippen molar-refractivity contribution in [3.05, 3.63) is 48.0 Å². The average Bonchev–Trinajstić information content (AvgIpc) is 3.40. The third-order valence-electron chi connectivity index (χ3n) is 6.80. The number of aryl methyl sites for hydroxylation is 1. The maximum atomic E-state index is 13.4. The maximum absolute atomic E-state index is 13.4. The number of para-hydroxylation sites is 1. The highest BCUT2D eigenvalue weighted by molar-refractivity contribution is 6.00. The van der Waals surface area contributed by atoms with E-state index in [4.69, 9.17) is 14.8 Å². The highest BCUT2D eigenvalue weighted by atomic mass is 16.5. The number of amides is 2. The van der Waals surface area contributed by atoms with E-state index in [1.165, 1.54) is 0 Å². The SMILES string of the molecule is COc1cc(C(=O)N2CCCC(NC(=O)O)C2)cc2nc(-c3cc4ccccc4n3CCO)n(C)c12. The number of carbonyl (C=O) groups excluding carboxylic acids is 1. The first-order chi connectivity index (χ1) is 17.4.